The van der Waals surface area contributed by atoms with Gasteiger partial charge in [-0.3, -0.25) is 4.79 Å². The lowest BCUT2D eigenvalue weighted by Gasteiger charge is -2.32. The number of fused-ring (bicyclic) bond motifs is 1. The molecule has 0 radical (unpaired) electrons. The lowest BCUT2D eigenvalue weighted by molar-refractivity contribution is 0.0479. The SMILES string of the molecule is CC(C)(C)OC(=O)NC1CCN(CCc2cc3ccc(C#N)cc3[nH]c2=O)CC1. The van der Waals surface area contributed by atoms with Crippen LogP contribution in [-0.2, 0) is 11.2 Å². The third kappa shape index (κ3) is 5.81. The Hall–Kier alpha value is -2.85. The smallest absolute Gasteiger partial charge is 0.407 e. The number of aromatic nitrogens is 1. The lowest BCUT2D eigenvalue weighted by Crippen LogP contribution is -2.46. The number of pyridine rings is 1. The van der Waals surface area contributed by atoms with E-state index in [4.69, 9.17) is 10.00 Å². The first-order valence-electron chi connectivity index (χ1n) is 10.0. The van der Waals surface area contributed by atoms with E-state index in [9.17, 15) is 9.59 Å². The minimum Gasteiger partial charge on any atom is -0.444 e. The number of carbonyl (C=O) groups excluding carboxylic acids is 1. The molecule has 1 aliphatic rings. The van der Waals surface area contributed by atoms with Crippen molar-refractivity contribution in [3.8, 4) is 6.07 Å². The Morgan fingerprint density at radius 3 is 2.69 bits per heavy atom. The van der Waals surface area contributed by atoms with E-state index in [-0.39, 0.29) is 17.7 Å². The number of likely N-dealkylation sites (tertiary alicyclic amines) is 1. The summed E-state index contributed by atoms with van der Waals surface area (Å²) >= 11 is 0. The van der Waals surface area contributed by atoms with E-state index < -0.39 is 5.60 Å². The van der Waals surface area contributed by atoms with Gasteiger partial charge in [0.2, 0.25) is 0 Å². The molecule has 0 saturated carbocycles. The molecule has 29 heavy (non-hydrogen) atoms. The predicted molar refractivity (Wildman–Crippen MR) is 112 cm³/mol. The monoisotopic (exact) mass is 396 g/mol. The molecule has 0 aliphatic carbocycles. The molecular weight excluding hydrogens is 368 g/mol. The fourth-order valence-corrected chi connectivity index (χ4v) is 3.56. The van der Waals surface area contributed by atoms with Crippen molar-refractivity contribution < 1.29 is 9.53 Å². The Balaban J connectivity index is 1.52. The Morgan fingerprint density at radius 1 is 1.31 bits per heavy atom. The summed E-state index contributed by atoms with van der Waals surface area (Å²) in [5.74, 6) is 0. The minimum atomic E-state index is -0.492. The molecule has 0 bridgehead atoms. The maximum absolute atomic E-state index is 12.4. The van der Waals surface area contributed by atoms with Crippen LogP contribution in [0.15, 0.2) is 29.1 Å². The number of piperidine rings is 1. The van der Waals surface area contributed by atoms with E-state index in [1.807, 2.05) is 32.9 Å². The first kappa shape index (κ1) is 20.9. The zero-order chi connectivity index (χ0) is 21.0. The fraction of sp³-hybridized carbons (Fsp3) is 0.500. The molecule has 1 aromatic carbocycles. The van der Waals surface area contributed by atoms with Crippen LogP contribution in [0.5, 0.6) is 0 Å². The van der Waals surface area contributed by atoms with Gasteiger partial charge in [0.05, 0.1) is 11.6 Å². The van der Waals surface area contributed by atoms with Crippen molar-refractivity contribution in [1.29, 1.82) is 5.26 Å². The van der Waals surface area contributed by atoms with Crippen LogP contribution < -0.4 is 10.9 Å². The topological polar surface area (TPSA) is 98.2 Å². The molecule has 154 valence electrons. The molecule has 1 aliphatic heterocycles. The van der Waals surface area contributed by atoms with E-state index in [1.54, 1.807) is 12.1 Å². The average molecular weight is 396 g/mol. The van der Waals surface area contributed by atoms with E-state index in [2.05, 4.69) is 21.3 Å². The van der Waals surface area contributed by atoms with Gasteiger partial charge in [0.25, 0.3) is 5.56 Å². The molecular formula is C22H28N4O3. The fourth-order valence-electron chi connectivity index (χ4n) is 3.56. The van der Waals surface area contributed by atoms with Crippen LogP contribution in [0.1, 0.15) is 44.7 Å². The van der Waals surface area contributed by atoms with E-state index in [0.29, 0.717) is 17.5 Å². The summed E-state index contributed by atoms with van der Waals surface area (Å²) in [5.41, 5.74) is 1.37. The van der Waals surface area contributed by atoms with Crippen LogP contribution in [0.3, 0.4) is 0 Å². The van der Waals surface area contributed by atoms with Crippen molar-refractivity contribution in [3.63, 3.8) is 0 Å². The second kappa shape index (κ2) is 8.66. The molecule has 1 saturated heterocycles. The number of hydrogen-bond donors (Lipinski definition) is 2. The van der Waals surface area contributed by atoms with Crippen molar-refractivity contribution in [3.05, 3.63) is 45.7 Å². The second-order valence-corrected chi connectivity index (χ2v) is 8.55. The molecule has 2 aromatic rings. The summed E-state index contributed by atoms with van der Waals surface area (Å²) < 4.78 is 5.32. The summed E-state index contributed by atoms with van der Waals surface area (Å²) in [4.78, 5) is 29.5. The Morgan fingerprint density at radius 2 is 2.03 bits per heavy atom. The molecule has 2 N–H and O–H groups in total. The number of nitrogens with zero attached hydrogens (tertiary/aromatic N) is 2. The van der Waals surface area contributed by atoms with Crippen molar-refractivity contribution in [2.75, 3.05) is 19.6 Å². The largest absolute Gasteiger partial charge is 0.444 e. The maximum Gasteiger partial charge on any atom is 0.407 e. The van der Waals surface area contributed by atoms with E-state index >= 15 is 0 Å². The van der Waals surface area contributed by atoms with Gasteiger partial charge < -0.3 is 19.9 Å². The van der Waals surface area contributed by atoms with Gasteiger partial charge in [-0.25, -0.2) is 4.79 Å². The highest BCUT2D eigenvalue weighted by atomic mass is 16.6. The van der Waals surface area contributed by atoms with Crippen LogP contribution in [0.4, 0.5) is 4.79 Å². The third-order valence-electron chi connectivity index (χ3n) is 5.06. The van der Waals surface area contributed by atoms with Gasteiger partial charge in [-0.15, -0.1) is 0 Å². The number of alkyl carbamates (subject to hydrolysis) is 1. The van der Waals surface area contributed by atoms with E-state index in [0.717, 1.165) is 43.4 Å². The van der Waals surface area contributed by atoms with Crippen LogP contribution >= 0.6 is 0 Å². The van der Waals surface area contributed by atoms with Crippen LogP contribution in [0, 0.1) is 11.3 Å². The zero-order valence-electron chi connectivity index (χ0n) is 17.2. The molecule has 1 aromatic heterocycles. The molecule has 1 fully saturated rings. The van der Waals surface area contributed by atoms with Crippen molar-refractivity contribution in [2.24, 2.45) is 0 Å². The average Bonchev–Trinajstić information content (AvgIpc) is 2.65. The van der Waals surface area contributed by atoms with Crippen molar-refractivity contribution >= 4 is 17.0 Å². The first-order valence-corrected chi connectivity index (χ1v) is 10.0. The molecule has 1 amide bonds. The second-order valence-electron chi connectivity index (χ2n) is 8.55. The summed E-state index contributed by atoms with van der Waals surface area (Å²) in [6, 6.07) is 9.43. The Bertz CT molecular complexity index is 976. The number of ether oxygens (including phenoxy) is 1. The lowest BCUT2D eigenvalue weighted by atomic mass is 10.0. The van der Waals surface area contributed by atoms with Gasteiger partial charge in [0.15, 0.2) is 0 Å². The summed E-state index contributed by atoms with van der Waals surface area (Å²) in [7, 11) is 0. The minimum absolute atomic E-state index is 0.103. The van der Waals surface area contributed by atoms with Gasteiger partial charge in [0.1, 0.15) is 5.60 Å². The summed E-state index contributed by atoms with van der Waals surface area (Å²) in [5, 5.41) is 12.9. The van der Waals surface area contributed by atoms with Crippen LogP contribution in [0.2, 0.25) is 0 Å². The first-order chi connectivity index (χ1) is 13.7. The number of carbonyl (C=O) groups is 1. The molecule has 0 atom stereocenters. The summed E-state index contributed by atoms with van der Waals surface area (Å²) in [6.45, 7) is 8.10. The molecule has 2 heterocycles. The summed E-state index contributed by atoms with van der Waals surface area (Å²) in [6.07, 6.45) is 2.03. The number of rotatable bonds is 4. The number of benzene rings is 1. The number of H-pyrrole nitrogens is 1. The Kier molecular flexibility index (Phi) is 6.23. The van der Waals surface area contributed by atoms with Crippen molar-refractivity contribution in [1.82, 2.24) is 15.2 Å². The quantitative estimate of drug-likeness (QED) is 0.828. The Labute approximate surface area is 170 Å². The normalized spacial score (nSPS) is 15.8. The zero-order valence-corrected chi connectivity index (χ0v) is 17.2. The molecule has 7 nitrogen and oxygen atoms in total. The molecule has 0 spiro atoms. The maximum atomic E-state index is 12.4. The highest BCUT2D eigenvalue weighted by Crippen LogP contribution is 2.15. The van der Waals surface area contributed by atoms with Crippen LogP contribution in [0.25, 0.3) is 10.9 Å². The molecule has 7 heteroatoms. The van der Waals surface area contributed by atoms with Gasteiger partial charge in [-0.05, 0) is 63.6 Å². The number of amides is 1. The highest BCUT2D eigenvalue weighted by Gasteiger charge is 2.23. The molecule has 3 rings (SSSR count). The number of aromatic amines is 1. The highest BCUT2D eigenvalue weighted by molar-refractivity contribution is 5.80. The van der Waals surface area contributed by atoms with Gasteiger partial charge in [0, 0.05) is 36.8 Å². The third-order valence-corrected chi connectivity index (χ3v) is 5.06. The van der Waals surface area contributed by atoms with Crippen LogP contribution in [-0.4, -0.2) is 47.3 Å². The van der Waals surface area contributed by atoms with Gasteiger partial charge in [-0.2, -0.15) is 5.26 Å². The number of hydrogen-bond acceptors (Lipinski definition) is 5. The van der Waals surface area contributed by atoms with Crippen molar-refractivity contribution in [2.45, 2.75) is 51.7 Å². The molecule has 0 unspecified atom stereocenters. The predicted octanol–water partition coefficient (Wildman–Crippen LogP) is 2.93. The van der Waals surface area contributed by atoms with Gasteiger partial charge >= 0.3 is 6.09 Å². The van der Waals surface area contributed by atoms with Gasteiger partial charge in [-0.1, -0.05) is 6.07 Å². The van der Waals surface area contributed by atoms with E-state index in [1.165, 1.54) is 0 Å². The number of nitriles is 1. The standard InChI is InChI=1S/C22H28N4O3/c1-22(2,3)29-21(28)24-18-7-10-26(11-8-18)9-6-17-13-16-5-4-15(14-23)12-19(16)25-20(17)27/h4-5,12-13,18H,6-11H2,1-3H3,(H,24,28)(H,25,27). The number of nitrogens with one attached hydrogen (secondary N) is 2.